The molecule has 110 valence electrons. The first kappa shape index (κ1) is 15.4. The van der Waals surface area contributed by atoms with Crippen LogP contribution in [-0.2, 0) is 4.74 Å². The standard InChI is InChI=1S/C18H20O3/c1-21-16(13-12-14-8-4-2-5-9-14)18(20)17(19)15-10-6-3-7-11-15/h2-13,16-20H,1H3/b13-12+/t16-,17+,18+/m0/s1. The summed E-state index contributed by atoms with van der Waals surface area (Å²) >= 11 is 0. The second-order valence-corrected chi connectivity index (χ2v) is 4.82. The highest BCUT2D eigenvalue weighted by atomic mass is 16.5. The third-order valence-electron chi connectivity index (χ3n) is 3.35. The van der Waals surface area contributed by atoms with Crippen LogP contribution in [0.5, 0.6) is 0 Å². The van der Waals surface area contributed by atoms with E-state index in [0.717, 1.165) is 5.56 Å². The second kappa shape index (κ2) is 7.74. The van der Waals surface area contributed by atoms with E-state index in [2.05, 4.69) is 0 Å². The fourth-order valence-corrected chi connectivity index (χ4v) is 2.13. The molecule has 0 bridgehead atoms. The number of ether oxygens (including phenoxy) is 1. The van der Waals surface area contributed by atoms with E-state index in [9.17, 15) is 10.2 Å². The summed E-state index contributed by atoms with van der Waals surface area (Å²) in [5.41, 5.74) is 1.68. The van der Waals surface area contributed by atoms with Crippen LogP contribution in [0.3, 0.4) is 0 Å². The van der Waals surface area contributed by atoms with E-state index < -0.39 is 18.3 Å². The maximum absolute atomic E-state index is 10.3. The zero-order valence-corrected chi connectivity index (χ0v) is 12.0. The molecule has 2 aromatic carbocycles. The molecule has 0 fully saturated rings. The highest BCUT2D eigenvalue weighted by molar-refractivity contribution is 5.49. The van der Waals surface area contributed by atoms with Crippen molar-refractivity contribution in [2.75, 3.05) is 7.11 Å². The third kappa shape index (κ3) is 4.26. The van der Waals surface area contributed by atoms with Crippen LogP contribution in [0.1, 0.15) is 17.2 Å². The summed E-state index contributed by atoms with van der Waals surface area (Å²) in [4.78, 5) is 0. The molecule has 3 atom stereocenters. The number of benzene rings is 2. The molecule has 2 aromatic rings. The lowest BCUT2D eigenvalue weighted by Crippen LogP contribution is -2.32. The SMILES string of the molecule is CO[C@@H](/C=C/c1ccccc1)[C@@H](O)[C@H](O)c1ccccc1. The van der Waals surface area contributed by atoms with Gasteiger partial charge in [0.05, 0.1) is 0 Å². The van der Waals surface area contributed by atoms with Crippen LogP contribution in [-0.4, -0.2) is 29.5 Å². The molecule has 2 rings (SSSR count). The number of hydrogen-bond acceptors (Lipinski definition) is 3. The van der Waals surface area contributed by atoms with Crippen LogP contribution >= 0.6 is 0 Å². The number of hydrogen-bond donors (Lipinski definition) is 2. The summed E-state index contributed by atoms with van der Waals surface area (Å²) in [6, 6.07) is 18.8. The van der Waals surface area contributed by atoms with E-state index in [4.69, 9.17) is 4.74 Å². The molecule has 0 heterocycles. The van der Waals surface area contributed by atoms with Gasteiger partial charge in [-0.3, -0.25) is 0 Å². The molecule has 0 radical (unpaired) electrons. The lowest BCUT2D eigenvalue weighted by Gasteiger charge is -2.23. The Morgan fingerprint density at radius 2 is 1.48 bits per heavy atom. The Hall–Kier alpha value is -1.94. The number of methoxy groups -OCH3 is 1. The van der Waals surface area contributed by atoms with Crippen molar-refractivity contribution < 1.29 is 14.9 Å². The van der Waals surface area contributed by atoms with E-state index in [1.54, 1.807) is 18.2 Å². The minimum Gasteiger partial charge on any atom is -0.387 e. The van der Waals surface area contributed by atoms with Gasteiger partial charge in [0.1, 0.15) is 18.3 Å². The smallest absolute Gasteiger partial charge is 0.114 e. The van der Waals surface area contributed by atoms with Crippen molar-refractivity contribution in [1.29, 1.82) is 0 Å². The zero-order chi connectivity index (χ0) is 15.1. The molecular weight excluding hydrogens is 264 g/mol. The third-order valence-corrected chi connectivity index (χ3v) is 3.35. The van der Waals surface area contributed by atoms with Crippen molar-refractivity contribution in [3.8, 4) is 0 Å². The van der Waals surface area contributed by atoms with Crippen LogP contribution < -0.4 is 0 Å². The van der Waals surface area contributed by atoms with Crippen molar-refractivity contribution in [3.05, 3.63) is 77.9 Å². The second-order valence-electron chi connectivity index (χ2n) is 4.82. The summed E-state index contributed by atoms with van der Waals surface area (Å²) in [5.74, 6) is 0. The molecule has 0 amide bonds. The van der Waals surface area contributed by atoms with Gasteiger partial charge >= 0.3 is 0 Å². The molecule has 0 aliphatic rings. The Bertz CT molecular complexity index is 551. The summed E-state index contributed by atoms with van der Waals surface area (Å²) in [7, 11) is 1.51. The van der Waals surface area contributed by atoms with Gasteiger partial charge in [-0.05, 0) is 11.1 Å². The monoisotopic (exact) mass is 284 g/mol. The Morgan fingerprint density at radius 1 is 0.905 bits per heavy atom. The predicted octanol–water partition coefficient (Wildman–Crippen LogP) is 2.81. The minimum absolute atomic E-state index is 0.583. The lowest BCUT2D eigenvalue weighted by atomic mass is 9.99. The Morgan fingerprint density at radius 3 is 2.05 bits per heavy atom. The first-order chi connectivity index (χ1) is 10.2. The fourth-order valence-electron chi connectivity index (χ4n) is 2.13. The van der Waals surface area contributed by atoms with E-state index in [1.165, 1.54) is 7.11 Å². The van der Waals surface area contributed by atoms with Crippen molar-refractivity contribution in [3.63, 3.8) is 0 Å². The molecule has 0 spiro atoms. The summed E-state index contributed by atoms with van der Waals surface area (Å²) in [5, 5.41) is 20.5. The molecule has 3 nitrogen and oxygen atoms in total. The molecule has 0 unspecified atom stereocenters. The number of aliphatic hydroxyl groups excluding tert-OH is 2. The van der Waals surface area contributed by atoms with Crippen LogP contribution in [0, 0.1) is 0 Å². The molecule has 0 aliphatic carbocycles. The van der Waals surface area contributed by atoms with Crippen molar-refractivity contribution in [1.82, 2.24) is 0 Å². The van der Waals surface area contributed by atoms with Gasteiger partial charge in [0.25, 0.3) is 0 Å². The van der Waals surface area contributed by atoms with Crippen LogP contribution in [0.2, 0.25) is 0 Å². The Labute approximate surface area is 125 Å². The Balaban J connectivity index is 2.08. The van der Waals surface area contributed by atoms with Gasteiger partial charge in [-0.2, -0.15) is 0 Å². The lowest BCUT2D eigenvalue weighted by molar-refractivity contribution is -0.0573. The highest BCUT2D eigenvalue weighted by Gasteiger charge is 2.25. The molecule has 3 heteroatoms. The van der Waals surface area contributed by atoms with Crippen LogP contribution in [0.25, 0.3) is 6.08 Å². The molecule has 21 heavy (non-hydrogen) atoms. The summed E-state index contributed by atoms with van der Waals surface area (Å²) in [6.45, 7) is 0. The van der Waals surface area contributed by atoms with Gasteiger partial charge in [0, 0.05) is 7.11 Å². The first-order valence-electron chi connectivity index (χ1n) is 6.89. The van der Waals surface area contributed by atoms with Gasteiger partial charge in [0.15, 0.2) is 0 Å². The van der Waals surface area contributed by atoms with Crippen molar-refractivity contribution in [2.45, 2.75) is 18.3 Å². The predicted molar refractivity (Wildman–Crippen MR) is 83.7 cm³/mol. The van der Waals surface area contributed by atoms with Gasteiger partial charge in [-0.1, -0.05) is 72.8 Å². The molecule has 0 saturated heterocycles. The topological polar surface area (TPSA) is 49.7 Å². The molecular formula is C18H20O3. The number of rotatable bonds is 6. The maximum Gasteiger partial charge on any atom is 0.114 e. The van der Waals surface area contributed by atoms with Crippen LogP contribution in [0.15, 0.2) is 66.7 Å². The van der Waals surface area contributed by atoms with E-state index >= 15 is 0 Å². The van der Waals surface area contributed by atoms with Crippen molar-refractivity contribution >= 4 is 6.08 Å². The normalized spacial score (nSPS) is 15.8. The van der Waals surface area contributed by atoms with Crippen LogP contribution in [0.4, 0.5) is 0 Å². The Kier molecular flexibility index (Phi) is 5.69. The maximum atomic E-state index is 10.3. The first-order valence-corrected chi connectivity index (χ1v) is 6.89. The average Bonchev–Trinajstić information content (AvgIpc) is 2.56. The molecule has 2 N–H and O–H groups in total. The number of aliphatic hydroxyl groups is 2. The quantitative estimate of drug-likeness (QED) is 0.857. The average molecular weight is 284 g/mol. The molecule has 0 aromatic heterocycles. The van der Waals surface area contributed by atoms with E-state index in [1.807, 2.05) is 54.6 Å². The van der Waals surface area contributed by atoms with Gasteiger partial charge in [-0.25, -0.2) is 0 Å². The minimum atomic E-state index is -1.03. The summed E-state index contributed by atoms with van der Waals surface area (Å²) < 4.78 is 5.28. The van der Waals surface area contributed by atoms with Crippen molar-refractivity contribution in [2.24, 2.45) is 0 Å². The highest BCUT2D eigenvalue weighted by Crippen LogP contribution is 2.21. The zero-order valence-electron chi connectivity index (χ0n) is 12.0. The van der Waals surface area contributed by atoms with Gasteiger partial charge in [-0.15, -0.1) is 0 Å². The van der Waals surface area contributed by atoms with E-state index in [0.29, 0.717) is 5.56 Å². The van der Waals surface area contributed by atoms with E-state index in [-0.39, 0.29) is 0 Å². The molecule has 0 aliphatic heterocycles. The van der Waals surface area contributed by atoms with Gasteiger partial charge < -0.3 is 14.9 Å². The largest absolute Gasteiger partial charge is 0.387 e. The summed E-state index contributed by atoms with van der Waals surface area (Å²) in [6.07, 6.45) is 1.02. The van der Waals surface area contributed by atoms with Gasteiger partial charge in [0.2, 0.25) is 0 Å². The molecule has 0 saturated carbocycles. The fraction of sp³-hybridized carbons (Fsp3) is 0.222.